The summed E-state index contributed by atoms with van der Waals surface area (Å²) in [5.74, 6) is 1.41. The zero-order chi connectivity index (χ0) is 23.5. The fourth-order valence-corrected chi connectivity index (χ4v) is 4.44. The summed E-state index contributed by atoms with van der Waals surface area (Å²) in [6, 6.07) is 14.4. The van der Waals surface area contributed by atoms with Crippen LogP contribution in [0, 0.1) is 11.8 Å². The molecular formula is C26H26N6O2. The lowest BCUT2D eigenvalue weighted by Crippen LogP contribution is -2.30. The van der Waals surface area contributed by atoms with Gasteiger partial charge in [-0.1, -0.05) is 25.8 Å². The number of pyridine rings is 2. The highest BCUT2D eigenvalue weighted by molar-refractivity contribution is 6.02. The first-order chi connectivity index (χ1) is 16.6. The van der Waals surface area contributed by atoms with Gasteiger partial charge in [-0.15, -0.1) is 0 Å². The molecule has 8 nitrogen and oxygen atoms in total. The highest BCUT2D eigenvalue weighted by Gasteiger charge is 2.28. The number of nitrogens with one attached hydrogen (secondary N) is 3. The van der Waals surface area contributed by atoms with Gasteiger partial charge in [-0.3, -0.25) is 14.6 Å². The molecular weight excluding hydrogens is 428 g/mol. The molecule has 0 saturated heterocycles. The van der Waals surface area contributed by atoms with Crippen LogP contribution in [0.15, 0.2) is 60.9 Å². The van der Waals surface area contributed by atoms with E-state index in [9.17, 15) is 9.59 Å². The second-order valence-corrected chi connectivity index (χ2v) is 8.78. The molecule has 0 bridgehead atoms. The number of H-pyrrole nitrogens is 1. The van der Waals surface area contributed by atoms with Gasteiger partial charge >= 0.3 is 0 Å². The molecule has 1 aliphatic carbocycles. The molecule has 1 saturated carbocycles. The Morgan fingerprint density at radius 3 is 2.59 bits per heavy atom. The maximum atomic E-state index is 12.7. The van der Waals surface area contributed by atoms with Gasteiger partial charge in [-0.25, -0.2) is 9.97 Å². The number of nitrogens with zero attached hydrogens (tertiary/aromatic N) is 3. The second-order valence-electron chi connectivity index (χ2n) is 8.78. The summed E-state index contributed by atoms with van der Waals surface area (Å²) >= 11 is 0. The van der Waals surface area contributed by atoms with Crippen molar-refractivity contribution in [2.75, 3.05) is 10.6 Å². The summed E-state index contributed by atoms with van der Waals surface area (Å²) in [6.07, 6.45) is 7.60. The number of rotatable bonds is 5. The Balaban J connectivity index is 1.28. The van der Waals surface area contributed by atoms with E-state index in [1.165, 1.54) is 6.42 Å². The normalized spacial score (nSPS) is 17.9. The van der Waals surface area contributed by atoms with Crippen LogP contribution < -0.4 is 10.6 Å². The van der Waals surface area contributed by atoms with E-state index in [-0.39, 0.29) is 17.7 Å². The van der Waals surface area contributed by atoms with Crippen LogP contribution in [0.2, 0.25) is 0 Å². The Morgan fingerprint density at radius 2 is 1.82 bits per heavy atom. The third-order valence-corrected chi connectivity index (χ3v) is 6.38. The lowest BCUT2D eigenvalue weighted by molar-refractivity contribution is -0.122. The minimum absolute atomic E-state index is 0.0395. The molecule has 1 aliphatic rings. The number of anilines is 2. The molecule has 0 radical (unpaired) electrons. The van der Waals surface area contributed by atoms with Gasteiger partial charge in [0.1, 0.15) is 17.3 Å². The van der Waals surface area contributed by atoms with E-state index >= 15 is 0 Å². The molecule has 172 valence electrons. The third kappa shape index (κ3) is 4.66. The number of amides is 2. The summed E-state index contributed by atoms with van der Waals surface area (Å²) in [5, 5.41) is 5.81. The Labute approximate surface area is 197 Å². The molecule has 0 aliphatic heterocycles. The monoisotopic (exact) mass is 454 g/mol. The Kier molecular flexibility index (Phi) is 6.03. The van der Waals surface area contributed by atoms with Gasteiger partial charge in [-0.05, 0) is 55.2 Å². The molecule has 34 heavy (non-hydrogen) atoms. The summed E-state index contributed by atoms with van der Waals surface area (Å²) in [6.45, 7) is 2.15. The van der Waals surface area contributed by atoms with Gasteiger partial charge in [-0.2, -0.15) is 0 Å². The first kappa shape index (κ1) is 21.8. The van der Waals surface area contributed by atoms with E-state index in [1.54, 1.807) is 36.7 Å². The van der Waals surface area contributed by atoms with Crippen molar-refractivity contribution in [1.82, 2.24) is 19.9 Å². The standard InChI is InChI=1S/C26H26N6O2/c1-16-6-2-3-7-19(16)25(33)32-23-14-21-22(15-28-23)31-24(30-21)17-9-11-18(12-10-17)29-26(34)20-8-4-5-13-27-20/h4-5,8-16,19H,2-3,6-7H2,1H3,(H,29,34)(H,30,31)(H,28,32,33). The quantitative estimate of drug-likeness (QED) is 0.391. The number of hydrogen-bond donors (Lipinski definition) is 3. The molecule has 0 spiro atoms. The van der Waals surface area contributed by atoms with Crippen LogP contribution in [-0.2, 0) is 4.79 Å². The maximum Gasteiger partial charge on any atom is 0.274 e. The Hall–Kier alpha value is -4.07. The van der Waals surface area contributed by atoms with Gasteiger partial charge in [0.25, 0.3) is 5.91 Å². The van der Waals surface area contributed by atoms with Gasteiger partial charge < -0.3 is 15.6 Å². The predicted molar refractivity (Wildman–Crippen MR) is 131 cm³/mol. The Morgan fingerprint density at radius 1 is 1.00 bits per heavy atom. The van der Waals surface area contributed by atoms with Crippen molar-refractivity contribution in [3.05, 3.63) is 66.6 Å². The molecule has 3 heterocycles. The molecule has 2 atom stereocenters. The average Bonchev–Trinajstić information content (AvgIpc) is 3.29. The van der Waals surface area contributed by atoms with Crippen LogP contribution in [0.1, 0.15) is 43.1 Å². The van der Waals surface area contributed by atoms with Crippen molar-refractivity contribution in [2.24, 2.45) is 11.8 Å². The molecule has 3 N–H and O–H groups in total. The number of carbonyl (C=O) groups excluding carboxylic acids is 2. The van der Waals surface area contributed by atoms with Crippen molar-refractivity contribution < 1.29 is 9.59 Å². The number of benzene rings is 1. The number of imidazole rings is 1. The third-order valence-electron chi connectivity index (χ3n) is 6.38. The molecule has 1 aromatic carbocycles. The summed E-state index contributed by atoms with van der Waals surface area (Å²) in [5.41, 5.74) is 3.40. The van der Waals surface area contributed by atoms with Crippen LogP contribution in [0.25, 0.3) is 22.4 Å². The van der Waals surface area contributed by atoms with Crippen molar-refractivity contribution in [3.8, 4) is 11.4 Å². The highest BCUT2D eigenvalue weighted by atomic mass is 16.2. The van der Waals surface area contributed by atoms with E-state index in [0.717, 1.165) is 35.9 Å². The minimum atomic E-state index is -0.264. The van der Waals surface area contributed by atoms with E-state index in [4.69, 9.17) is 0 Å². The first-order valence-corrected chi connectivity index (χ1v) is 11.6. The van der Waals surface area contributed by atoms with Gasteiger partial charge in [0.2, 0.25) is 5.91 Å². The molecule has 2 amide bonds. The number of hydrogen-bond acceptors (Lipinski definition) is 5. The smallest absolute Gasteiger partial charge is 0.274 e. The number of aromatic amines is 1. The van der Waals surface area contributed by atoms with E-state index in [0.29, 0.717) is 28.9 Å². The lowest BCUT2D eigenvalue weighted by atomic mass is 9.80. The Bertz CT molecular complexity index is 1320. The molecule has 1 fully saturated rings. The fraction of sp³-hybridized carbons (Fsp3) is 0.269. The maximum absolute atomic E-state index is 12.7. The van der Waals surface area contributed by atoms with Crippen LogP contribution in [0.3, 0.4) is 0 Å². The fourth-order valence-electron chi connectivity index (χ4n) is 4.44. The van der Waals surface area contributed by atoms with Crippen LogP contribution >= 0.6 is 0 Å². The second kappa shape index (κ2) is 9.43. The number of aromatic nitrogens is 4. The van der Waals surface area contributed by atoms with Crippen molar-refractivity contribution in [1.29, 1.82) is 0 Å². The van der Waals surface area contributed by atoms with Crippen molar-refractivity contribution in [2.45, 2.75) is 32.6 Å². The topological polar surface area (TPSA) is 113 Å². The molecule has 2 unspecified atom stereocenters. The zero-order valence-corrected chi connectivity index (χ0v) is 18.9. The minimum Gasteiger partial charge on any atom is -0.337 e. The highest BCUT2D eigenvalue weighted by Crippen LogP contribution is 2.30. The van der Waals surface area contributed by atoms with Gasteiger partial charge in [0.15, 0.2) is 0 Å². The van der Waals surface area contributed by atoms with Gasteiger partial charge in [0.05, 0.1) is 17.2 Å². The predicted octanol–water partition coefficient (Wildman–Crippen LogP) is 5.04. The SMILES string of the molecule is CC1CCCCC1C(=O)Nc1cc2nc(-c3ccc(NC(=O)c4ccccn4)cc3)[nH]c2cn1. The zero-order valence-electron chi connectivity index (χ0n) is 18.9. The van der Waals surface area contributed by atoms with Crippen LogP contribution in [0.4, 0.5) is 11.5 Å². The lowest BCUT2D eigenvalue weighted by Gasteiger charge is -2.27. The number of fused-ring (bicyclic) bond motifs is 1. The average molecular weight is 455 g/mol. The van der Waals surface area contributed by atoms with E-state index in [2.05, 4.69) is 37.5 Å². The summed E-state index contributed by atoms with van der Waals surface area (Å²) in [7, 11) is 0. The first-order valence-electron chi connectivity index (χ1n) is 11.6. The van der Waals surface area contributed by atoms with E-state index in [1.807, 2.05) is 24.3 Å². The summed E-state index contributed by atoms with van der Waals surface area (Å²) in [4.78, 5) is 41.4. The molecule has 8 heteroatoms. The van der Waals surface area contributed by atoms with Gasteiger partial charge in [0, 0.05) is 29.4 Å². The van der Waals surface area contributed by atoms with Crippen LogP contribution in [0.5, 0.6) is 0 Å². The molecule has 3 aromatic heterocycles. The van der Waals surface area contributed by atoms with Crippen LogP contribution in [-0.4, -0.2) is 31.8 Å². The van der Waals surface area contributed by atoms with Crippen molar-refractivity contribution >= 4 is 34.4 Å². The molecule has 5 rings (SSSR count). The molecule has 4 aromatic rings. The number of carbonyl (C=O) groups is 2. The van der Waals surface area contributed by atoms with Crippen molar-refractivity contribution in [3.63, 3.8) is 0 Å². The van der Waals surface area contributed by atoms with E-state index < -0.39 is 0 Å². The summed E-state index contributed by atoms with van der Waals surface area (Å²) < 4.78 is 0. The largest absolute Gasteiger partial charge is 0.337 e.